The van der Waals surface area contributed by atoms with Crippen molar-refractivity contribution in [1.82, 2.24) is 15.6 Å². The van der Waals surface area contributed by atoms with Crippen LogP contribution in [0.25, 0.3) is 10.9 Å². The first kappa shape index (κ1) is 44.4. The predicted octanol–water partition coefficient (Wildman–Crippen LogP) is 8.25. The number of H-pyrrole nitrogens is 1. The van der Waals surface area contributed by atoms with Crippen molar-refractivity contribution in [3.63, 3.8) is 0 Å². The van der Waals surface area contributed by atoms with Gasteiger partial charge in [0.1, 0.15) is 24.7 Å². The fourth-order valence-electron chi connectivity index (χ4n) is 9.10. The number of benzene rings is 4. The molecule has 0 aliphatic carbocycles. The molecule has 62 heavy (non-hydrogen) atoms. The molecule has 11 nitrogen and oxygen atoms in total. The highest BCUT2D eigenvalue weighted by Gasteiger charge is 2.48. The van der Waals surface area contributed by atoms with E-state index < -0.39 is 36.0 Å². The third-order valence-electron chi connectivity index (χ3n) is 12.5. The molecule has 4 heterocycles. The first-order valence-electron chi connectivity index (χ1n) is 21.9. The van der Waals surface area contributed by atoms with Crippen LogP contribution in [-0.4, -0.2) is 83.5 Å². The first-order valence-corrected chi connectivity index (χ1v) is 21.9. The molecule has 3 aliphatic heterocycles. The summed E-state index contributed by atoms with van der Waals surface area (Å²) >= 11 is 0. The number of piperidine rings is 3. The quantitative estimate of drug-likeness (QED) is 0.0282. The van der Waals surface area contributed by atoms with E-state index in [0.29, 0.717) is 58.1 Å². The van der Waals surface area contributed by atoms with E-state index >= 15 is 8.78 Å². The number of alkyl carbamates (subject to hydrolysis) is 1. The van der Waals surface area contributed by atoms with Crippen molar-refractivity contribution in [3.8, 4) is 11.5 Å². The number of aromatic nitrogens is 1. The van der Waals surface area contributed by atoms with Crippen molar-refractivity contribution >= 4 is 22.8 Å². The number of carbonyl (C=O) groups excluding carboxylic acids is 2. The molecular weight excluding hydrogens is 795 g/mol. The summed E-state index contributed by atoms with van der Waals surface area (Å²) in [5.74, 6) is -1.61. The van der Waals surface area contributed by atoms with Crippen molar-refractivity contribution in [2.75, 3.05) is 45.9 Å². The van der Waals surface area contributed by atoms with E-state index in [1.807, 2.05) is 30.3 Å². The molecule has 8 rings (SSSR count). The monoisotopic (exact) mass is 851 g/mol. The number of halogens is 2. The van der Waals surface area contributed by atoms with Crippen LogP contribution in [0.3, 0.4) is 0 Å². The summed E-state index contributed by atoms with van der Waals surface area (Å²) in [6.07, 6.45) is 6.25. The lowest BCUT2D eigenvalue weighted by atomic mass is 9.83. The Morgan fingerprint density at radius 3 is 2.27 bits per heavy atom. The van der Waals surface area contributed by atoms with Crippen molar-refractivity contribution in [1.29, 1.82) is 0 Å². The number of rotatable bonds is 21. The van der Waals surface area contributed by atoms with Gasteiger partial charge in [0, 0.05) is 42.3 Å². The van der Waals surface area contributed by atoms with Crippen molar-refractivity contribution in [3.05, 3.63) is 141 Å². The number of phenolic OH excluding ortho intramolecular Hbond substituents is 1. The van der Waals surface area contributed by atoms with E-state index in [0.717, 1.165) is 77.1 Å². The van der Waals surface area contributed by atoms with E-state index in [4.69, 9.17) is 9.47 Å². The maximum atomic E-state index is 16.2. The lowest BCUT2D eigenvalue weighted by Crippen LogP contribution is -2.66. The van der Waals surface area contributed by atoms with Crippen LogP contribution in [0.5, 0.6) is 11.5 Å². The number of aromatic hydroxyl groups is 1. The van der Waals surface area contributed by atoms with E-state index in [1.54, 1.807) is 42.5 Å². The van der Waals surface area contributed by atoms with Gasteiger partial charge in [0.15, 0.2) is 17.7 Å². The zero-order valence-corrected chi connectivity index (χ0v) is 35.0. The van der Waals surface area contributed by atoms with Crippen LogP contribution >= 0.6 is 0 Å². The number of nitrogens with zero attached hydrogens (tertiary/aromatic N) is 1. The van der Waals surface area contributed by atoms with Gasteiger partial charge in [-0.15, -0.1) is 0 Å². The summed E-state index contributed by atoms with van der Waals surface area (Å²) in [5.41, 5.74) is 1.44. The van der Waals surface area contributed by atoms with Crippen molar-refractivity contribution in [2.45, 2.75) is 76.0 Å². The minimum atomic E-state index is -1.18. The maximum absolute atomic E-state index is 16.2. The molecule has 2 unspecified atom stereocenters. The Bertz CT molecular complexity index is 2340. The molecule has 3 fully saturated rings. The van der Waals surface area contributed by atoms with Crippen LogP contribution in [0, 0.1) is 17.6 Å². The third-order valence-corrected chi connectivity index (χ3v) is 12.5. The molecule has 4 aromatic carbocycles. The first-order chi connectivity index (χ1) is 30.1. The summed E-state index contributed by atoms with van der Waals surface area (Å²) in [6, 6.07) is 25.3. The second kappa shape index (κ2) is 21.0. The highest BCUT2D eigenvalue weighted by Crippen LogP contribution is 2.37. The van der Waals surface area contributed by atoms with Crippen LogP contribution in [0.2, 0.25) is 0 Å². The molecule has 1 amide bonds. The van der Waals surface area contributed by atoms with Gasteiger partial charge in [-0.3, -0.25) is 9.59 Å². The van der Waals surface area contributed by atoms with Gasteiger partial charge in [0.2, 0.25) is 11.3 Å². The SMILES string of the molecule is O=C(NC(c1ccccc1)c1c(F)ccc(OCCCCCCCCCNCC(O)c2ccc(O)c3[nH]c(=O)ccc23)c1F)O[C@H]1C[N+]2(CC(=O)c3ccccc3)CCC1CC2. The van der Waals surface area contributed by atoms with Crippen LogP contribution in [0.4, 0.5) is 13.6 Å². The molecule has 5 N–H and O–H groups in total. The fraction of sp³-hybridized carbons (Fsp3) is 0.408. The number of unbranched alkanes of at least 4 members (excludes halogenated alkanes) is 6. The van der Waals surface area contributed by atoms with Gasteiger partial charge in [0.05, 0.1) is 42.9 Å². The molecule has 5 aromatic rings. The van der Waals surface area contributed by atoms with Crippen LogP contribution < -0.4 is 20.9 Å². The number of pyridine rings is 1. The smallest absolute Gasteiger partial charge is 0.408 e. The number of fused-ring (bicyclic) bond motifs is 4. The zero-order valence-electron chi connectivity index (χ0n) is 35.0. The number of hydrogen-bond donors (Lipinski definition) is 5. The molecule has 0 spiro atoms. The summed E-state index contributed by atoms with van der Waals surface area (Å²) in [7, 11) is 0. The number of ketones is 1. The second-order valence-electron chi connectivity index (χ2n) is 16.8. The maximum Gasteiger partial charge on any atom is 0.408 e. The van der Waals surface area contributed by atoms with Crippen LogP contribution in [0.1, 0.15) is 97.0 Å². The third kappa shape index (κ3) is 11.1. The molecule has 3 atom stereocenters. The van der Waals surface area contributed by atoms with E-state index in [1.165, 1.54) is 18.2 Å². The number of nitrogens with one attached hydrogen (secondary N) is 3. The Balaban J connectivity index is 0.846. The Labute approximate surface area is 360 Å². The number of Topliss-reactive ketones (excluding diaryl/α,β-unsaturated/α-hetero) is 1. The average molecular weight is 852 g/mol. The Morgan fingerprint density at radius 1 is 0.839 bits per heavy atom. The number of carbonyl (C=O) groups is 2. The van der Waals surface area contributed by atoms with Crippen molar-refractivity contribution in [2.24, 2.45) is 5.92 Å². The number of ether oxygens (including phenoxy) is 2. The summed E-state index contributed by atoms with van der Waals surface area (Å²) in [4.78, 5) is 41.1. The standard InChI is InChI=1S/C49H56F2N4O7/c50-38-20-22-42(61-29-13-5-3-1-2-4-12-26-52-30-40(57)36-18-21-39(56)48-37(36)19-23-44(59)53-48)46(51)45(38)47(35-16-10-7-11-17-35)54-49(60)62-43-32-55(27-24-34(43)25-28-55)31-41(58)33-14-8-6-9-15-33/h6-11,14-23,34,40,43,47,52,57H,1-5,12-13,24-32H2,(H2-,53,54,56,59,60)/p+1/t34?,40?,43-,47?,55?/m0/s1. The van der Waals surface area contributed by atoms with Gasteiger partial charge in [-0.25, -0.2) is 13.6 Å². The number of hydrogen-bond acceptors (Lipinski definition) is 8. The molecule has 328 valence electrons. The van der Waals surface area contributed by atoms with Crippen LogP contribution in [0.15, 0.2) is 102 Å². The number of aliphatic hydroxyl groups excluding tert-OH is 1. The number of phenols is 1. The molecular formula is C49H57F2N4O7+. The van der Waals surface area contributed by atoms with Gasteiger partial charge in [-0.05, 0) is 54.8 Å². The second-order valence-corrected chi connectivity index (χ2v) is 16.8. The molecule has 3 aliphatic rings. The number of aliphatic hydroxyl groups is 1. The Kier molecular flexibility index (Phi) is 15.0. The lowest BCUT2D eigenvalue weighted by Gasteiger charge is -2.51. The molecule has 1 aromatic heterocycles. The highest BCUT2D eigenvalue weighted by atomic mass is 19.1. The number of aromatic amines is 1. The fourth-order valence-corrected chi connectivity index (χ4v) is 9.10. The van der Waals surface area contributed by atoms with E-state index in [-0.39, 0.29) is 40.9 Å². The van der Waals surface area contributed by atoms with Gasteiger partial charge >= 0.3 is 6.09 Å². The lowest BCUT2D eigenvalue weighted by molar-refractivity contribution is -0.938. The molecule has 0 saturated carbocycles. The number of amides is 1. The van der Waals surface area contributed by atoms with Gasteiger partial charge in [-0.1, -0.05) is 98.8 Å². The molecule has 0 radical (unpaired) electrons. The van der Waals surface area contributed by atoms with E-state index in [9.17, 15) is 24.6 Å². The van der Waals surface area contributed by atoms with Crippen molar-refractivity contribution < 1.29 is 42.5 Å². The molecule has 13 heteroatoms. The van der Waals surface area contributed by atoms with Gasteiger partial charge in [-0.2, -0.15) is 0 Å². The van der Waals surface area contributed by atoms with Gasteiger partial charge < -0.3 is 39.8 Å². The Morgan fingerprint density at radius 2 is 1.53 bits per heavy atom. The molecule has 3 saturated heterocycles. The summed E-state index contributed by atoms with van der Waals surface area (Å²) < 4.78 is 44.2. The Hall–Kier alpha value is -5.63. The highest BCUT2D eigenvalue weighted by molar-refractivity contribution is 5.97. The normalized spacial score (nSPS) is 19.2. The predicted molar refractivity (Wildman–Crippen MR) is 233 cm³/mol. The molecule has 2 bridgehead atoms. The largest absolute Gasteiger partial charge is 0.506 e. The van der Waals surface area contributed by atoms with Crippen LogP contribution in [-0.2, 0) is 4.74 Å². The van der Waals surface area contributed by atoms with Gasteiger partial charge in [0.25, 0.3) is 0 Å². The topological polar surface area (TPSA) is 150 Å². The minimum absolute atomic E-state index is 0.0428. The average Bonchev–Trinajstić information content (AvgIpc) is 3.28. The minimum Gasteiger partial charge on any atom is -0.506 e. The summed E-state index contributed by atoms with van der Waals surface area (Å²) in [5, 5.41) is 27.5. The number of quaternary nitrogens is 1. The zero-order chi connectivity index (χ0) is 43.5. The van der Waals surface area contributed by atoms with E-state index in [2.05, 4.69) is 15.6 Å². The summed E-state index contributed by atoms with van der Waals surface area (Å²) in [6.45, 7) is 3.85.